The fourth-order valence-corrected chi connectivity index (χ4v) is 2.11. The van der Waals surface area contributed by atoms with Gasteiger partial charge < -0.3 is 5.32 Å². The lowest BCUT2D eigenvalue weighted by atomic mass is 10.0. The van der Waals surface area contributed by atoms with E-state index in [0.29, 0.717) is 5.56 Å². The predicted molar refractivity (Wildman–Crippen MR) is 79.1 cm³/mol. The summed E-state index contributed by atoms with van der Waals surface area (Å²) in [6.45, 7) is 6.21. The molecule has 1 atom stereocenters. The largest absolute Gasteiger partial charge is 0.377 e. The second kappa shape index (κ2) is 5.58. The summed E-state index contributed by atoms with van der Waals surface area (Å²) in [6.07, 6.45) is 0. The van der Waals surface area contributed by atoms with E-state index in [0.717, 1.165) is 11.3 Å². The maximum atomic E-state index is 9.17. The Kier molecular flexibility index (Phi) is 3.87. The molecule has 0 aromatic heterocycles. The number of nitriles is 1. The molecule has 19 heavy (non-hydrogen) atoms. The summed E-state index contributed by atoms with van der Waals surface area (Å²) < 4.78 is 0. The molecule has 2 nitrogen and oxygen atoms in total. The molecular formula is C17H18N2. The predicted octanol–water partition coefficient (Wildman–Crippen LogP) is 4.35. The molecule has 1 N–H and O–H groups in total. The summed E-state index contributed by atoms with van der Waals surface area (Å²) in [6, 6.07) is 16.7. The van der Waals surface area contributed by atoms with Crippen molar-refractivity contribution >= 4 is 5.69 Å². The number of nitrogens with zero attached hydrogens (tertiary/aromatic N) is 1. The van der Waals surface area contributed by atoms with Crippen LogP contribution in [0, 0.1) is 25.2 Å². The van der Waals surface area contributed by atoms with Gasteiger partial charge in [0.15, 0.2) is 0 Å². The van der Waals surface area contributed by atoms with Crippen molar-refractivity contribution in [3.63, 3.8) is 0 Å². The maximum Gasteiger partial charge on any atom is 0.101 e. The number of aryl methyl sites for hydroxylation is 2. The Balaban J connectivity index is 2.26. The lowest BCUT2D eigenvalue weighted by Gasteiger charge is -2.18. The molecule has 1 unspecified atom stereocenters. The van der Waals surface area contributed by atoms with Gasteiger partial charge in [-0.1, -0.05) is 42.0 Å². The molecule has 0 amide bonds. The van der Waals surface area contributed by atoms with Crippen LogP contribution in [0.15, 0.2) is 42.5 Å². The summed E-state index contributed by atoms with van der Waals surface area (Å²) in [7, 11) is 0. The molecule has 0 saturated carbocycles. The van der Waals surface area contributed by atoms with E-state index < -0.39 is 0 Å². The smallest absolute Gasteiger partial charge is 0.101 e. The summed E-state index contributed by atoms with van der Waals surface area (Å²) in [5.41, 5.74) is 5.19. The van der Waals surface area contributed by atoms with E-state index in [1.807, 2.05) is 25.1 Å². The van der Waals surface area contributed by atoms with Gasteiger partial charge in [0, 0.05) is 6.04 Å². The summed E-state index contributed by atoms with van der Waals surface area (Å²) in [5.74, 6) is 0. The van der Waals surface area contributed by atoms with Gasteiger partial charge in [-0.2, -0.15) is 5.26 Å². The van der Waals surface area contributed by atoms with Gasteiger partial charge >= 0.3 is 0 Å². The van der Waals surface area contributed by atoms with E-state index in [2.05, 4.69) is 49.5 Å². The van der Waals surface area contributed by atoms with E-state index >= 15 is 0 Å². The van der Waals surface area contributed by atoms with Crippen LogP contribution < -0.4 is 5.32 Å². The Morgan fingerprint density at radius 1 is 1.05 bits per heavy atom. The van der Waals surface area contributed by atoms with Gasteiger partial charge in [-0.25, -0.2) is 0 Å². The molecule has 2 heteroatoms. The first-order chi connectivity index (χ1) is 9.11. The fourth-order valence-electron chi connectivity index (χ4n) is 2.11. The highest BCUT2D eigenvalue weighted by Gasteiger charge is 2.10. The van der Waals surface area contributed by atoms with Crippen molar-refractivity contribution in [3.05, 3.63) is 64.7 Å². The van der Waals surface area contributed by atoms with Gasteiger partial charge in [-0.15, -0.1) is 0 Å². The van der Waals surface area contributed by atoms with Crippen LogP contribution in [0.1, 0.15) is 35.2 Å². The molecule has 0 saturated heterocycles. The molecule has 0 spiro atoms. The lowest BCUT2D eigenvalue weighted by Crippen LogP contribution is -2.09. The van der Waals surface area contributed by atoms with E-state index in [9.17, 15) is 5.26 Å². The highest BCUT2D eigenvalue weighted by molar-refractivity contribution is 5.63. The molecular weight excluding hydrogens is 232 g/mol. The SMILES string of the molecule is Cc1ccc(C(C)Nc2c(C)cccc2C#N)cc1. The standard InChI is InChI=1S/C17H18N2/c1-12-7-9-15(10-8-12)14(3)19-17-13(2)5-4-6-16(17)11-18/h4-10,14,19H,1-3H3. The van der Waals surface area contributed by atoms with Gasteiger partial charge in [0.05, 0.1) is 11.3 Å². The minimum absolute atomic E-state index is 0.175. The van der Waals surface area contributed by atoms with Crippen molar-refractivity contribution in [3.8, 4) is 6.07 Å². The van der Waals surface area contributed by atoms with Crippen LogP contribution in [0.25, 0.3) is 0 Å². The molecule has 0 aliphatic heterocycles. The van der Waals surface area contributed by atoms with Crippen LogP contribution in [-0.4, -0.2) is 0 Å². The topological polar surface area (TPSA) is 35.8 Å². The van der Waals surface area contributed by atoms with Crippen molar-refractivity contribution in [2.75, 3.05) is 5.32 Å². The van der Waals surface area contributed by atoms with Crippen molar-refractivity contribution in [1.82, 2.24) is 0 Å². The van der Waals surface area contributed by atoms with Crippen LogP contribution in [0.2, 0.25) is 0 Å². The Morgan fingerprint density at radius 3 is 2.37 bits per heavy atom. The lowest BCUT2D eigenvalue weighted by molar-refractivity contribution is 0.881. The zero-order chi connectivity index (χ0) is 13.8. The second-order valence-electron chi connectivity index (χ2n) is 4.89. The van der Waals surface area contributed by atoms with Crippen molar-refractivity contribution in [1.29, 1.82) is 5.26 Å². The highest BCUT2D eigenvalue weighted by Crippen LogP contribution is 2.25. The molecule has 0 aliphatic rings. The third kappa shape index (κ3) is 2.95. The van der Waals surface area contributed by atoms with Crippen LogP contribution in [0.4, 0.5) is 5.69 Å². The maximum absolute atomic E-state index is 9.17. The fraction of sp³-hybridized carbons (Fsp3) is 0.235. The van der Waals surface area contributed by atoms with Crippen LogP contribution in [0.5, 0.6) is 0 Å². The Morgan fingerprint density at radius 2 is 1.74 bits per heavy atom. The van der Waals surface area contributed by atoms with Gasteiger partial charge in [0.1, 0.15) is 6.07 Å². The van der Waals surface area contributed by atoms with E-state index in [1.165, 1.54) is 11.1 Å². The zero-order valence-electron chi connectivity index (χ0n) is 11.6. The van der Waals surface area contributed by atoms with Crippen LogP contribution in [-0.2, 0) is 0 Å². The van der Waals surface area contributed by atoms with Crippen molar-refractivity contribution < 1.29 is 0 Å². The molecule has 2 aromatic carbocycles. The number of hydrogen-bond acceptors (Lipinski definition) is 2. The second-order valence-corrected chi connectivity index (χ2v) is 4.89. The average molecular weight is 250 g/mol. The Bertz CT molecular complexity index is 606. The quantitative estimate of drug-likeness (QED) is 0.879. The molecule has 0 radical (unpaired) electrons. The minimum atomic E-state index is 0.175. The summed E-state index contributed by atoms with van der Waals surface area (Å²) in [5, 5.41) is 12.6. The Labute approximate surface area is 114 Å². The number of nitrogens with one attached hydrogen (secondary N) is 1. The highest BCUT2D eigenvalue weighted by atomic mass is 14.9. The van der Waals surface area contributed by atoms with Crippen molar-refractivity contribution in [2.24, 2.45) is 0 Å². The first-order valence-electron chi connectivity index (χ1n) is 6.44. The first-order valence-corrected chi connectivity index (χ1v) is 6.44. The van der Waals surface area contributed by atoms with E-state index in [-0.39, 0.29) is 6.04 Å². The van der Waals surface area contributed by atoms with Crippen molar-refractivity contribution in [2.45, 2.75) is 26.8 Å². The van der Waals surface area contributed by atoms with Crippen LogP contribution in [0.3, 0.4) is 0 Å². The molecule has 0 heterocycles. The molecule has 96 valence electrons. The number of anilines is 1. The van der Waals surface area contributed by atoms with Gasteiger partial charge in [0.2, 0.25) is 0 Å². The summed E-state index contributed by atoms with van der Waals surface area (Å²) >= 11 is 0. The molecule has 0 aliphatic carbocycles. The number of rotatable bonds is 3. The van der Waals surface area contributed by atoms with Gasteiger partial charge in [-0.05, 0) is 38.0 Å². The third-order valence-electron chi connectivity index (χ3n) is 3.33. The number of para-hydroxylation sites is 1. The van der Waals surface area contributed by atoms with E-state index in [4.69, 9.17) is 0 Å². The van der Waals surface area contributed by atoms with E-state index in [1.54, 1.807) is 0 Å². The van der Waals surface area contributed by atoms with Crippen LogP contribution >= 0.6 is 0 Å². The minimum Gasteiger partial charge on any atom is -0.377 e. The molecule has 0 bridgehead atoms. The molecule has 0 fully saturated rings. The molecule has 2 rings (SSSR count). The zero-order valence-corrected chi connectivity index (χ0v) is 11.6. The molecule has 2 aromatic rings. The number of benzene rings is 2. The average Bonchev–Trinajstić information content (AvgIpc) is 2.41. The Hall–Kier alpha value is -2.27. The van der Waals surface area contributed by atoms with Gasteiger partial charge in [-0.3, -0.25) is 0 Å². The first kappa shape index (κ1) is 13.2. The normalized spacial score (nSPS) is 11.7. The third-order valence-corrected chi connectivity index (χ3v) is 3.33. The van der Waals surface area contributed by atoms with Gasteiger partial charge in [0.25, 0.3) is 0 Å². The monoisotopic (exact) mass is 250 g/mol. The summed E-state index contributed by atoms with van der Waals surface area (Å²) in [4.78, 5) is 0. The number of hydrogen-bond donors (Lipinski definition) is 1.